The highest BCUT2D eigenvalue weighted by Gasteiger charge is 2.36. The van der Waals surface area contributed by atoms with E-state index in [2.05, 4.69) is 5.32 Å². The van der Waals surface area contributed by atoms with Crippen molar-refractivity contribution in [2.75, 3.05) is 18.0 Å². The van der Waals surface area contributed by atoms with Crippen molar-refractivity contribution in [2.24, 2.45) is 0 Å². The predicted octanol–water partition coefficient (Wildman–Crippen LogP) is 6.79. The van der Waals surface area contributed by atoms with Crippen molar-refractivity contribution in [1.29, 1.82) is 0 Å². The molecule has 11 nitrogen and oxygen atoms in total. The summed E-state index contributed by atoms with van der Waals surface area (Å²) < 4.78 is 34.8. The number of aryl methyl sites for hydroxylation is 1. The van der Waals surface area contributed by atoms with E-state index in [9.17, 15) is 28.1 Å². The average Bonchev–Trinajstić information content (AvgIpc) is 3.00. The molecular formula is C31H35Cl3N4O7S. The Morgan fingerprint density at radius 3 is 2.24 bits per heavy atom. The second-order valence-electron chi connectivity index (χ2n) is 10.5. The lowest BCUT2D eigenvalue weighted by Gasteiger charge is -2.34. The number of amides is 2. The number of carbonyl (C=O) groups is 2. The first-order valence-electron chi connectivity index (χ1n) is 14.3. The molecule has 0 fully saturated rings. The number of benzene rings is 3. The topological polar surface area (TPSA) is 139 Å². The van der Waals surface area contributed by atoms with Gasteiger partial charge in [-0.1, -0.05) is 60.8 Å². The monoisotopic (exact) mass is 712 g/mol. The number of nitro benzene ring substituents is 1. The number of hydrogen-bond acceptors (Lipinski definition) is 7. The van der Waals surface area contributed by atoms with Crippen LogP contribution in [0.4, 0.5) is 11.4 Å². The molecule has 0 saturated carbocycles. The first-order valence-corrected chi connectivity index (χ1v) is 16.9. The largest absolute Gasteiger partial charge is 0.495 e. The second-order valence-corrected chi connectivity index (χ2v) is 13.6. The van der Waals surface area contributed by atoms with E-state index in [1.165, 1.54) is 49.3 Å². The van der Waals surface area contributed by atoms with Gasteiger partial charge in [0, 0.05) is 44.8 Å². The average molecular weight is 714 g/mol. The number of methoxy groups -OCH3 is 1. The van der Waals surface area contributed by atoms with Gasteiger partial charge in [-0.2, -0.15) is 0 Å². The summed E-state index contributed by atoms with van der Waals surface area (Å²) in [4.78, 5) is 39.7. The summed E-state index contributed by atoms with van der Waals surface area (Å²) in [5, 5.41) is 15.2. The lowest BCUT2D eigenvalue weighted by atomic mass is 10.1. The molecule has 0 radical (unpaired) electrons. The van der Waals surface area contributed by atoms with E-state index in [1.54, 1.807) is 25.1 Å². The molecule has 2 amide bonds. The summed E-state index contributed by atoms with van der Waals surface area (Å²) in [5.41, 5.74) is 0.0817. The fourth-order valence-electron chi connectivity index (χ4n) is 4.66. The van der Waals surface area contributed by atoms with Crippen LogP contribution in [-0.4, -0.2) is 55.8 Å². The van der Waals surface area contributed by atoms with Gasteiger partial charge in [0.15, 0.2) is 0 Å². The summed E-state index contributed by atoms with van der Waals surface area (Å²) in [6.07, 6.45) is 0.809. The number of nitrogens with zero attached hydrogens (tertiary/aromatic N) is 3. The van der Waals surface area contributed by atoms with E-state index in [4.69, 9.17) is 39.5 Å². The van der Waals surface area contributed by atoms with Crippen LogP contribution in [0.15, 0.2) is 59.5 Å². The highest BCUT2D eigenvalue weighted by atomic mass is 35.5. The molecule has 46 heavy (non-hydrogen) atoms. The van der Waals surface area contributed by atoms with Gasteiger partial charge in [0.1, 0.15) is 18.3 Å². The molecule has 3 rings (SSSR count). The number of halogens is 3. The fraction of sp³-hybridized carbons (Fsp3) is 0.355. The van der Waals surface area contributed by atoms with Crippen LogP contribution in [0.2, 0.25) is 15.1 Å². The van der Waals surface area contributed by atoms with Gasteiger partial charge < -0.3 is 15.0 Å². The van der Waals surface area contributed by atoms with Gasteiger partial charge in [0.2, 0.25) is 11.8 Å². The minimum absolute atomic E-state index is 0.0599. The number of anilines is 1. The van der Waals surface area contributed by atoms with E-state index < -0.39 is 49.9 Å². The molecule has 0 aliphatic rings. The lowest BCUT2D eigenvalue weighted by molar-refractivity contribution is -0.385. The third-order valence-corrected chi connectivity index (χ3v) is 10.1. The predicted molar refractivity (Wildman–Crippen MR) is 179 cm³/mol. The van der Waals surface area contributed by atoms with Crippen molar-refractivity contribution in [2.45, 2.75) is 64.1 Å². The van der Waals surface area contributed by atoms with Crippen molar-refractivity contribution in [1.82, 2.24) is 10.2 Å². The number of nitro groups is 1. The lowest BCUT2D eigenvalue weighted by Crippen LogP contribution is -2.53. The SMILES string of the molecule is CCC(C)NC(=O)C(CC)N(Cc1c(Cl)cccc1Cl)C(=O)CN(c1cc(Cl)ccc1OC)S(=O)(=O)c1ccc(C)c([N+](=O)[O-])c1. The Morgan fingerprint density at radius 1 is 1.02 bits per heavy atom. The number of hydrogen-bond donors (Lipinski definition) is 1. The molecule has 248 valence electrons. The zero-order valence-electron chi connectivity index (χ0n) is 25.9. The van der Waals surface area contributed by atoms with Gasteiger partial charge >= 0.3 is 0 Å². The van der Waals surface area contributed by atoms with Gasteiger partial charge in [-0.25, -0.2) is 8.42 Å². The Labute approximate surface area is 283 Å². The Hall–Kier alpha value is -3.58. The van der Waals surface area contributed by atoms with E-state index >= 15 is 0 Å². The third-order valence-electron chi connectivity index (χ3n) is 7.43. The van der Waals surface area contributed by atoms with E-state index in [-0.39, 0.29) is 51.1 Å². The Bertz CT molecular complexity index is 1700. The minimum Gasteiger partial charge on any atom is -0.495 e. The van der Waals surface area contributed by atoms with Crippen molar-refractivity contribution < 1.29 is 27.7 Å². The van der Waals surface area contributed by atoms with Crippen LogP contribution in [0.25, 0.3) is 0 Å². The molecule has 2 atom stereocenters. The Morgan fingerprint density at radius 2 is 1.67 bits per heavy atom. The van der Waals surface area contributed by atoms with Gasteiger partial charge in [-0.3, -0.25) is 24.0 Å². The molecule has 0 aliphatic carbocycles. The maximum atomic E-state index is 14.4. The Kier molecular flexibility index (Phi) is 12.7. The number of rotatable bonds is 14. The summed E-state index contributed by atoms with van der Waals surface area (Å²) in [5.74, 6) is -1.17. The normalized spacial score (nSPS) is 12.6. The maximum Gasteiger partial charge on any atom is 0.273 e. The molecule has 3 aromatic carbocycles. The zero-order chi connectivity index (χ0) is 34.3. The molecule has 2 unspecified atom stereocenters. The molecule has 15 heteroatoms. The van der Waals surface area contributed by atoms with Crippen LogP contribution >= 0.6 is 34.8 Å². The third kappa shape index (κ3) is 8.41. The van der Waals surface area contributed by atoms with Crippen LogP contribution in [0.3, 0.4) is 0 Å². The summed E-state index contributed by atoms with van der Waals surface area (Å²) in [6.45, 7) is 5.85. The maximum absolute atomic E-state index is 14.4. The molecular weight excluding hydrogens is 679 g/mol. The van der Waals surface area contributed by atoms with Crippen molar-refractivity contribution in [3.63, 3.8) is 0 Å². The number of sulfonamides is 1. The molecule has 0 bridgehead atoms. The van der Waals surface area contributed by atoms with Crippen molar-refractivity contribution >= 4 is 68.0 Å². The molecule has 3 aromatic rings. The first-order chi connectivity index (χ1) is 21.7. The van der Waals surface area contributed by atoms with Crippen LogP contribution in [0, 0.1) is 17.0 Å². The second kappa shape index (κ2) is 15.8. The van der Waals surface area contributed by atoms with Crippen LogP contribution in [-0.2, 0) is 26.2 Å². The molecule has 0 spiro atoms. The van der Waals surface area contributed by atoms with Gasteiger partial charge in [-0.05, 0) is 63.1 Å². The van der Waals surface area contributed by atoms with E-state index in [0.29, 0.717) is 12.0 Å². The van der Waals surface area contributed by atoms with Gasteiger partial charge in [-0.15, -0.1) is 0 Å². The molecule has 0 saturated heterocycles. The van der Waals surface area contributed by atoms with Crippen LogP contribution < -0.4 is 14.4 Å². The summed E-state index contributed by atoms with van der Waals surface area (Å²) >= 11 is 19.2. The summed E-state index contributed by atoms with van der Waals surface area (Å²) in [6, 6.07) is 11.2. The van der Waals surface area contributed by atoms with Gasteiger partial charge in [0.05, 0.1) is 22.6 Å². The molecule has 0 heterocycles. The van der Waals surface area contributed by atoms with Crippen LogP contribution in [0.5, 0.6) is 5.75 Å². The first kappa shape index (κ1) is 36.9. The molecule has 0 aromatic heterocycles. The quantitative estimate of drug-likeness (QED) is 0.143. The summed E-state index contributed by atoms with van der Waals surface area (Å²) in [7, 11) is -3.37. The van der Waals surface area contributed by atoms with E-state index in [1.807, 2.05) is 13.8 Å². The minimum atomic E-state index is -4.68. The fourth-order valence-corrected chi connectivity index (χ4v) is 6.78. The van der Waals surface area contributed by atoms with Crippen molar-refractivity contribution in [3.8, 4) is 5.75 Å². The molecule has 0 aliphatic heterocycles. The van der Waals surface area contributed by atoms with Crippen LogP contribution in [0.1, 0.15) is 44.7 Å². The Balaban J connectivity index is 2.23. The van der Waals surface area contributed by atoms with Gasteiger partial charge in [0.25, 0.3) is 15.7 Å². The standard InChI is InChI=1S/C31H35Cl3N4O7S/c1-6-20(4)35-31(40)26(7-2)36(17-23-24(33)9-8-10-25(23)34)30(39)18-37(28-15-21(32)12-14-29(28)45-5)46(43,44)22-13-11-19(3)27(16-22)38(41)42/h8-16,20,26H,6-7,17-18H2,1-5H3,(H,35,40). The zero-order valence-corrected chi connectivity index (χ0v) is 29.0. The number of carbonyl (C=O) groups excluding carboxylic acids is 2. The van der Waals surface area contributed by atoms with E-state index in [0.717, 1.165) is 10.4 Å². The van der Waals surface area contributed by atoms with Crippen molar-refractivity contribution in [3.05, 3.63) is 90.9 Å². The highest BCUT2D eigenvalue weighted by molar-refractivity contribution is 7.92. The highest BCUT2D eigenvalue weighted by Crippen LogP contribution is 2.36. The molecule has 1 N–H and O–H groups in total. The smallest absolute Gasteiger partial charge is 0.273 e. The number of ether oxygens (including phenoxy) is 1. The number of nitrogens with one attached hydrogen (secondary N) is 1.